The van der Waals surface area contributed by atoms with E-state index >= 15 is 0 Å². The van der Waals surface area contributed by atoms with E-state index in [0.717, 1.165) is 38.5 Å². The Morgan fingerprint density at radius 3 is 1.17 bits per heavy atom. The number of amides is 1. The monoisotopic (exact) mass is 902 g/mol. The number of nitrogens with one attached hydrogen (secondary N) is 1. The zero-order chi connectivity index (χ0) is 46.2. The molecule has 0 radical (unpaired) electrons. The van der Waals surface area contributed by atoms with Crippen LogP contribution in [0.3, 0.4) is 0 Å². The van der Waals surface area contributed by atoms with Crippen LogP contribution in [0.4, 0.5) is 0 Å². The van der Waals surface area contributed by atoms with Crippen molar-refractivity contribution < 1.29 is 50.0 Å². The lowest BCUT2D eigenvalue weighted by Gasteiger charge is -2.40. The van der Waals surface area contributed by atoms with Gasteiger partial charge < -0.3 is 50.5 Å². The normalized spacial score (nSPS) is 21.1. The second kappa shape index (κ2) is 42.5. The lowest BCUT2D eigenvalue weighted by Crippen LogP contribution is -2.60. The predicted octanol–water partition coefficient (Wildman–Crippen LogP) is 10.2. The van der Waals surface area contributed by atoms with Crippen LogP contribution in [0.2, 0.25) is 0 Å². The molecule has 8 N–H and O–H groups in total. The first-order valence-electron chi connectivity index (χ1n) is 26.9. The number of aliphatic hydroxyl groups is 7. The number of ether oxygens (including phenoxy) is 2. The van der Waals surface area contributed by atoms with Crippen LogP contribution in [-0.4, -0.2) is 110 Å². The Morgan fingerprint density at radius 1 is 0.492 bits per heavy atom. The third kappa shape index (κ3) is 31.7. The van der Waals surface area contributed by atoms with E-state index in [0.29, 0.717) is 19.3 Å². The third-order valence-corrected chi connectivity index (χ3v) is 13.4. The molecule has 9 unspecified atom stereocenters. The molecule has 63 heavy (non-hydrogen) atoms. The van der Waals surface area contributed by atoms with Gasteiger partial charge in [0.25, 0.3) is 0 Å². The van der Waals surface area contributed by atoms with Gasteiger partial charge in [-0.15, -0.1) is 0 Å². The summed E-state index contributed by atoms with van der Waals surface area (Å²) in [5, 5.41) is 75.8. The maximum atomic E-state index is 13.1. The summed E-state index contributed by atoms with van der Waals surface area (Å²) in [5.41, 5.74) is 0. The fourth-order valence-corrected chi connectivity index (χ4v) is 8.97. The van der Waals surface area contributed by atoms with Crippen molar-refractivity contribution in [2.24, 2.45) is 0 Å². The van der Waals surface area contributed by atoms with Gasteiger partial charge in [0.05, 0.1) is 25.4 Å². The van der Waals surface area contributed by atoms with Gasteiger partial charge in [-0.2, -0.15) is 0 Å². The maximum absolute atomic E-state index is 13.1. The molecule has 1 saturated heterocycles. The van der Waals surface area contributed by atoms with E-state index in [9.17, 15) is 40.5 Å². The van der Waals surface area contributed by atoms with Gasteiger partial charge in [0.1, 0.15) is 36.6 Å². The number of hydrogen-bond donors (Lipinski definition) is 8. The van der Waals surface area contributed by atoms with Crippen LogP contribution >= 0.6 is 0 Å². The molecule has 1 rings (SSSR count). The lowest BCUT2D eigenvalue weighted by molar-refractivity contribution is -0.303. The molecule has 0 bridgehead atoms. The van der Waals surface area contributed by atoms with E-state index < -0.39 is 74.2 Å². The summed E-state index contributed by atoms with van der Waals surface area (Å²) in [4.78, 5) is 13.1. The molecule has 0 aromatic rings. The van der Waals surface area contributed by atoms with E-state index in [1.54, 1.807) is 0 Å². The summed E-state index contributed by atoms with van der Waals surface area (Å²) >= 11 is 0. The standard InChI is InChI=1S/C52H103NO10/c1-3-5-7-9-11-13-15-16-17-18-19-20-21-22-23-24-25-26-27-28-30-32-34-36-38-40-45(56)51(61)53-43(42-62-52-50(60)49(59)48(58)46(41-54)63-52)47(57)44(55)39-37-35-33-31-29-14-12-10-8-6-4-2/h43-50,52,54-60H,3-42H2,1-2H3,(H,53,61). The molecule has 0 aromatic carbocycles. The molecule has 1 heterocycles. The fraction of sp³-hybridized carbons (Fsp3) is 0.981. The second-order valence-electron chi connectivity index (χ2n) is 19.3. The molecule has 11 nitrogen and oxygen atoms in total. The highest BCUT2D eigenvalue weighted by molar-refractivity contribution is 5.80. The van der Waals surface area contributed by atoms with Crippen LogP contribution in [0.5, 0.6) is 0 Å². The number of hydrogen-bond acceptors (Lipinski definition) is 10. The predicted molar refractivity (Wildman–Crippen MR) is 256 cm³/mol. The van der Waals surface area contributed by atoms with Gasteiger partial charge in [0.2, 0.25) is 5.91 Å². The van der Waals surface area contributed by atoms with Gasteiger partial charge in [-0.1, -0.05) is 245 Å². The van der Waals surface area contributed by atoms with E-state index in [4.69, 9.17) is 9.47 Å². The molecule has 11 heteroatoms. The van der Waals surface area contributed by atoms with Crippen molar-refractivity contribution in [1.29, 1.82) is 0 Å². The van der Waals surface area contributed by atoms with Crippen molar-refractivity contribution in [3.05, 3.63) is 0 Å². The second-order valence-corrected chi connectivity index (χ2v) is 19.3. The highest BCUT2D eigenvalue weighted by atomic mass is 16.7. The Labute approximate surface area is 386 Å². The molecule has 1 aliphatic heterocycles. The molecule has 0 saturated carbocycles. The molecule has 0 aromatic heterocycles. The first kappa shape index (κ1) is 60.1. The van der Waals surface area contributed by atoms with E-state index in [2.05, 4.69) is 19.2 Å². The van der Waals surface area contributed by atoms with Crippen LogP contribution in [0.25, 0.3) is 0 Å². The summed E-state index contributed by atoms with van der Waals surface area (Å²) in [6.45, 7) is 3.46. The summed E-state index contributed by atoms with van der Waals surface area (Å²) in [5.74, 6) is -0.692. The molecule has 1 fully saturated rings. The molecule has 0 aliphatic carbocycles. The van der Waals surface area contributed by atoms with Gasteiger partial charge >= 0.3 is 0 Å². The SMILES string of the molecule is CCCCCCCCCCCCCCCCCCCCCCCCCCCC(O)C(=O)NC(COC1OC(CO)C(O)C(O)C1O)C(O)C(O)CCCCCCCCCCCCC. The number of carbonyl (C=O) groups is 1. The Balaban J connectivity index is 2.26. The molecule has 1 aliphatic rings. The van der Waals surface area contributed by atoms with E-state index in [1.807, 2.05) is 0 Å². The topological polar surface area (TPSA) is 189 Å². The highest BCUT2D eigenvalue weighted by Crippen LogP contribution is 2.23. The van der Waals surface area contributed by atoms with E-state index in [1.165, 1.54) is 180 Å². The van der Waals surface area contributed by atoms with Gasteiger partial charge in [0, 0.05) is 0 Å². The van der Waals surface area contributed by atoms with Crippen LogP contribution < -0.4 is 5.32 Å². The third-order valence-electron chi connectivity index (χ3n) is 13.4. The van der Waals surface area contributed by atoms with Crippen molar-refractivity contribution in [1.82, 2.24) is 5.32 Å². The summed E-state index contributed by atoms with van der Waals surface area (Å²) in [7, 11) is 0. The number of rotatable bonds is 46. The smallest absolute Gasteiger partial charge is 0.249 e. The molecule has 376 valence electrons. The molecule has 9 atom stereocenters. The first-order chi connectivity index (χ1) is 30.7. The largest absolute Gasteiger partial charge is 0.394 e. The Morgan fingerprint density at radius 2 is 0.825 bits per heavy atom. The average molecular weight is 902 g/mol. The zero-order valence-corrected chi connectivity index (χ0v) is 40.8. The summed E-state index contributed by atoms with van der Waals surface area (Å²) < 4.78 is 11.1. The van der Waals surface area contributed by atoms with Crippen LogP contribution in [0.1, 0.15) is 258 Å². The van der Waals surface area contributed by atoms with Crippen LogP contribution in [0, 0.1) is 0 Å². The van der Waals surface area contributed by atoms with Gasteiger partial charge in [-0.25, -0.2) is 0 Å². The Hall–Kier alpha value is -0.890. The van der Waals surface area contributed by atoms with Gasteiger partial charge in [0.15, 0.2) is 6.29 Å². The minimum absolute atomic E-state index is 0.267. The zero-order valence-electron chi connectivity index (χ0n) is 40.8. The lowest BCUT2D eigenvalue weighted by atomic mass is 9.98. The number of unbranched alkanes of at least 4 members (excludes halogenated alkanes) is 34. The molecular formula is C52H103NO10. The van der Waals surface area contributed by atoms with Gasteiger partial charge in [-0.05, 0) is 12.8 Å². The minimum Gasteiger partial charge on any atom is -0.394 e. The summed E-state index contributed by atoms with van der Waals surface area (Å²) in [6.07, 6.45) is 34.5. The van der Waals surface area contributed by atoms with E-state index in [-0.39, 0.29) is 6.42 Å². The number of aliphatic hydroxyl groups excluding tert-OH is 7. The molecular weight excluding hydrogens is 799 g/mol. The number of carbonyl (C=O) groups excluding carboxylic acids is 1. The quantitative estimate of drug-likeness (QED) is 0.0273. The Kier molecular flexibility index (Phi) is 40.5. The van der Waals surface area contributed by atoms with Gasteiger partial charge in [-0.3, -0.25) is 4.79 Å². The van der Waals surface area contributed by atoms with Crippen molar-refractivity contribution in [3.8, 4) is 0 Å². The van der Waals surface area contributed by atoms with Crippen molar-refractivity contribution in [2.75, 3.05) is 13.2 Å². The summed E-state index contributed by atoms with van der Waals surface area (Å²) in [6, 6.07) is -1.16. The van der Waals surface area contributed by atoms with Crippen LogP contribution in [0.15, 0.2) is 0 Å². The van der Waals surface area contributed by atoms with Crippen LogP contribution in [-0.2, 0) is 14.3 Å². The minimum atomic E-state index is -1.66. The maximum Gasteiger partial charge on any atom is 0.249 e. The fourth-order valence-electron chi connectivity index (χ4n) is 8.97. The van der Waals surface area contributed by atoms with Crippen molar-refractivity contribution >= 4 is 5.91 Å². The Bertz CT molecular complexity index is 991. The van der Waals surface area contributed by atoms with Crippen molar-refractivity contribution in [3.63, 3.8) is 0 Å². The van der Waals surface area contributed by atoms with Crippen molar-refractivity contribution in [2.45, 2.75) is 313 Å². The highest BCUT2D eigenvalue weighted by Gasteiger charge is 2.44. The molecule has 0 spiro atoms. The average Bonchev–Trinajstić information content (AvgIpc) is 3.28. The molecule has 1 amide bonds. The first-order valence-corrected chi connectivity index (χ1v) is 26.9.